The number of fused-ring (bicyclic) bond motifs is 2. The zero-order valence-corrected chi connectivity index (χ0v) is 16.1. The average molecular weight is 378 g/mol. The van der Waals surface area contributed by atoms with Crippen molar-refractivity contribution in [2.75, 3.05) is 23.0 Å². The molecule has 1 saturated heterocycles. The first-order valence-corrected chi connectivity index (χ1v) is 8.39. The fourth-order valence-electron chi connectivity index (χ4n) is 3.10. The van der Waals surface area contributed by atoms with E-state index in [-0.39, 0.29) is 42.0 Å². The molecule has 4 nitrogen and oxygen atoms in total. The van der Waals surface area contributed by atoms with Crippen molar-refractivity contribution < 1.29 is 44.3 Å². The molecular formula is C14H13BrNNaO3S. The Balaban J connectivity index is 0.00000161. The monoisotopic (exact) mass is 377 g/mol. The van der Waals surface area contributed by atoms with E-state index in [1.807, 2.05) is 30.0 Å². The molecule has 2 aliphatic rings. The van der Waals surface area contributed by atoms with Gasteiger partial charge >= 0.3 is 29.6 Å². The number of carbonyl (C=O) groups excluding carboxylic acids is 2. The van der Waals surface area contributed by atoms with E-state index in [1.165, 1.54) is 4.90 Å². The number of amides is 1. The number of hydrogen-bond acceptors (Lipinski definition) is 4. The zero-order valence-electron chi connectivity index (χ0n) is 11.7. The summed E-state index contributed by atoms with van der Waals surface area (Å²) in [5.74, 6) is 0.540. The summed E-state index contributed by atoms with van der Waals surface area (Å²) in [5.41, 5.74) is 1.13. The van der Waals surface area contributed by atoms with Crippen LogP contribution in [-0.4, -0.2) is 29.9 Å². The van der Waals surface area contributed by atoms with Gasteiger partial charge in [-0.2, -0.15) is 11.8 Å². The molecule has 21 heavy (non-hydrogen) atoms. The van der Waals surface area contributed by atoms with Crippen molar-refractivity contribution in [1.82, 2.24) is 0 Å². The molecule has 0 N–H and O–H groups in total. The van der Waals surface area contributed by atoms with Gasteiger partial charge < -0.3 is 14.8 Å². The van der Waals surface area contributed by atoms with E-state index in [1.54, 1.807) is 0 Å². The average Bonchev–Trinajstić information content (AvgIpc) is 2.63. The van der Waals surface area contributed by atoms with E-state index >= 15 is 0 Å². The summed E-state index contributed by atoms with van der Waals surface area (Å²) in [6.07, 6.45) is 1.53. The minimum atomic E-state index is -1.23. The minimum absolute atomic E-state index is 0. The zero-order chi connectivity index (χ0) is 14.3. The molecule has 2 heterocycles. The number of halogens is 1. The number of carbonyl (C=O) groups is 2. The van der Waals surface area contributed by atoms with Gasteiger partial charge in [-0.1, -0.05) is 15.9 Å². The van der Waals surface area contributed by atoms with Crippen molar-refractivity contribution in [3.05, 3.63) is 28.2 Å². The third-order valence-corrected chi connectivity index (χ3v) is 5.53. The van der Waals surface area contributed by atoms with Crippen molar-refractivity contribution >= 4 is 45.3 Å². The van der Waals surface area contributed by atoms with Crippen LogP contribution >= 0.6 is 27.7 Å². The Morgan fingerprint density at radius 2 is 2.05 bits per heavy atom. The molecule has 0 aromatic heterocycles. The summed E-state index contributed by atoms with van der Waals surface area (Å²) in [5, 5.41) is 10.9. The van der Waals surface area contributed by atoms with Crippen molar-refractivity contribution in [3.63, 3.8) is 0 Å². The van der Waals surface area contributed by atoms with Crippen LogP contribution in [-0.2, 0) is 15.0 Å². The maximum Gasteiger partial charge on any atom is 1.00 e. The van der Waals surface area contributed by atoms with Crippen LogP contribution in [0.15, 0.2) is 22.7 Å². The van der Waals surface area contributed by atoms with Gasteiger partial charge in [0.15, 0.2) is 0 Å². The summed E-state index contributed by atoms with van der Waals surface area (Å²) < 4.78 is 0.914. The fourth-order valence-corrected chi connectivity index (χ4v) is 4.65. The first kappa shape index (κ1) is 17.3. The number of benzene rings is 1. The fraction of sp³-hybridized carbons (Fsp3) is 0.429. The van der Waals surface area contributed by atoms with Crippen LogP contribution < -0.4 is 39.6 Å². The van der Waals surface area contributed by atoms with Crippen LogP contribution in [0, 0.1) is 0 Å². The van der Waals surface area contributed by atoms with Gasteiger partial charge in [-0.15, -0.1) is 0 Å². The van der Waals surface area contributed by atoms with Crippen LogP contribution in [0.2, 0.25) is 0 Å². The Bertz CT molecular complexity index is 590. The number of hydrogen-bond donors (Lipinski definition) is 0. The van der Waals surface area contributed by atoms with Gasteiger partial charge in [0, 0.05) is 10.2 Å². The Hall–Kier alpha value is -0.0100. The van der Waals surface area contributed by atoms with E-state index in [2.05, 4.69) is 15.9 Å². The van der Waals surface area contributed by atoms with Crippen LogP contribution in [0.1, 0.15) is 18.4 Å². The van der Waals surface area contributed by atoms with Gasteiger partial charge in [0.25, 0.3) is 0 Å². The summed E-state index contributed by atoms with van der Waals surface area (Å²) in [4.78, 5) is 25.1. The molecule has 0 bridgehead atoms. The molecule has 2 aliphatic heterocycles. The predicted octanol–water partition coefficient (Wildman–Crippen LogP) is -1.69. The van der Waals surface area contributed by atoms with Crippen molar-refractivity contribution in [2.45, 2.75) is 18.3 Å². The van der Waals surface area contributed by atoms with E-state index in [0.717, 1.165) is 34.4 Å². The Labute approximate surface area is 158 Å². The maximum atomic E-state index is 12.8. The number of rotatable bonds is 2. The Kier molecular flexibility index (Phi) is 5.47. The third kappa shape index (κ3) is 2.93. The van der Waals surface area contributed by atoms with Gasteiger partial charge in [-0.3, -0.25) is 4.79 Å². The molecule has 7 heteroatoms. The molecule has 1 spiro atoms. The second kappa shape index (κ2) is 6.62. The van der Waals surface area contributed by atoms with E-state index in [4.69, 9.17) is 0 Å². The summed E-state index contributed by atoms with van der Waals surface area (Å²) >= 11 is 5.28. The first-order valence-electron chi connectivity index (χ1n) is 6.44. The SMILES string of the molecule is O=C([O-])CN1C(=O)C2(CCSCC2)c2cc(Br)ccc21.[Na+]. The third-order valence-electron chi connectivity index (χ3n) is 4.05. The van der Waals surface area contributed by atoms with Gasteiger partial charge in [0.1, 0.15) is 0 Å². The second-order valence-electron chi connectivity index (χ2n) is 5.12. The van der Waals surface area contributed by atoms with Crippen LogP contribution in [0.3, 0.4) is 0 Å². The number of nitrogens with zero attached hydrogens (tertiary/aromatic N) is 1. The molecule has 0 atom stereocenters. The van der Waals surface area contributed by atoms with E-state index < -0.39 is 11.4 Å². The summed E-state index contributed by atoms with van der Waals surface area (Å²) in [6.45, 7) is -0.373. The molecule has 1 aromatic rings. The molecule has 1 aromatic carbocycles. The van der Waals surface area contributed by atoms with Crippen LogP contribution in [0.25, 0.3) is 0 Å². The topological polar surface area (TPSA) is 60.4 Å². The number of carboxylic acids is 1. The van der Waals surface area contributed by atoms with E-state index in [0.29, 0.717) is 5.69 Å². The number of aliphatic carboxylic acids is 1. The van der Waals surface area contributed by atoms with Gasteiger partial charge in [-0.25, -0.2) is 0 Å². The normalized spacial score (nSPS) is 19.3. The predicted molar refractivity (Wildman–Crippen MR) is 79.7 cm³/mol. The smallest absolute Gasteiger partial charge is 0.548 e. The first-order chi connectivity index (χ1) is 9.54. The summed E-state index contributed by atoms with van der Waals surface area (Å²) in [7, 11) is 0. The molecule has 1 fully saturated rings. The maximum absolute atomic E-state index is 12.8. The van der Waals surface area contributed by atoms with Crippen molar-refractivity contribution in [1.29, 1.82) is 0 Å². The quantitative estimate of drug-likeness (QED) is 0.577. The molecule has 1 amide bonds. The Morgan fingerprint density at radius 3 is 2.67 bits per heavy atom. The number of thioether (sulfide) groups is 1. The molecular weight excluding hydrogens is 365 g/mol. The Morgan fingerprint density at radius 1 is 1.38 bits per heavy atom. The van der Waals surface area contributed by atoms with E-state index in [9.17, 15) is 14.7 Å². The molecule has 0 radical (unpaired) electrons. The molecule has 0 saturated carbocycles. The summed E-state index contributed by atoms with van der Waals surface area (Å²) in [6, 6.07) is 5.61. The second-order valence-corrected chi connectivity index (χ2v) is 7.26. The van der Waals surface area contributed by atoms with Crippen LogP contribution in [0.4, 0.5) is 5.69 Å². The number of carboxylic acid groups (broad SMARTS) is 1. The number of anilines is 1. The molecule has 3 rings (SSSR count). The van der Waals surface area contributed by atoms with Crippen molar-refractivity contribution in [3.8, 4) is 0 Å². The standard InChI is InChI=1S/C14H14BrNO3S.Na/c15-9-1-2-11-10(7-9)14(3-5-20-6-4-14)13(19)16(11)8-12(17)18;/h1-2,7H,3-6,8H2,(H,17,18);/q;+1/p-1. The van der Waals surface area contributed by atoms with Gasteiger partial charge in [0.2, 0.25) is 5.91 Å². The largest absolute Gasteiger partial charge is 1.00 e. The molecule has 0 unspecified atom stereocenters. The van der Waals surface area contributed by atoms with Gasteiger partial charge in [-0.05, 0) is 48.1 Å². The molecule has 0 aliphatic carbocycles. The van der Waals surface area contributed by atoms with Crippen LogP contribution in [0.5, 0.6) is 0 Å². The van der Waals surface area contributed by atoms with Crippen molar-refractivity contribution in [2.24, 2.45) is 0 Å². The van der Waals surface area contributed by atoms with Gasteiger partial charge in [0.05, 0.1) is 17.9 Å². The minimum Gasteiger partial charge on any atom is -0.548 e. The molecule has 106 valence electrons.